The van der Waals surface area contributed by atoms with Gasteiger partial charge in [-0.3, -0.25) is 14.9 Å². The molecular weight excluding hydrogens is 260 g/mol. The Kier molecular flexibility index (Phi) is 3.95. The number of rotatable bonds is 4. The van der Waals surface area contributed by atoms with Crippen molar-refractivity contribution in [3.63, 3.8) is 0 Å². The largest absolute Gasteiger partial charge is 0.465 e. The predicted octanol–water partition coefficient (Wildman–Crippen LogP) is 3.15. The number of furan rings is 1. The van der Waals surface area contributed by atoms with Gasteiger partial charge in [-0.1, -0.05) is 0 Å². The molecule has 1 amide bonds. The van der Waals surface area contributed by atoms with E-state index in [0.29, 0.717) is 17.0 Å². The van der Waals surface area contributed by atoms with E-state index in [1.165, 1.54) is 36.6 Å². The number of nitrogens with zero attached hydrogens (tertiary/aromatic N) is 1. The van der Waals surface area contributed by atoms with Crippen LogP contribution in [0.4, 0.5) is 11.4 Å². The van der Waals surface area contributed by atoms with Crippen LogP contribution < -0.4 is 5.32 Å². The number of aryl methyl sites for hydroxylation is 1. The summed E-state index contributed by atoms with van der Waals surface area (Å²) in [6.45, 7) is 1.69. The summed E-state index contributed by atoms with van der Waals surface area (Å²) in [5, 5.41) is 13.3. The summed E-state index contributed by atoms with van der Waals surface area (Å²) in [5.41, 5.74) is 1.15. The molecule has 0 bridgehead atoms. The molecule has 0 fully saturated rings. The van der Waals surface area contributed by atoms with E-state index < -0.39 is 4.92 Å². The maximum atomic E-state index is 11.7. The summed E-state index contributed by atoms with van der Waals surface area (Å²) in [6, 6.07) is 7.70. The van der Waals surface area contributed by atoms with Crippen molar-refractivity contribution >= 4 is 23.4 Å². The average Bonchev–Trinajstić information content (AvgIpc) is 2.91. The number of hydrogen-bond acceptors (Lipinski definition) is 4. The van der Waals surface area contributed by atoms with Crippen LogP contribution in [0.2, 0.25) is 0 Å². The molecule has 102 valence electrons. The maximum Gasteiger partial charge on any atom is 0.269 e. The minimum absolute atomic E-state index is 0.00775. The zero-order valence-corrected chi connectivity index (χ0v) is 10.7. The van der Waals surface area contributed by atoms with Crippen LogP contribution in [-0.2, 0) is 4.79 Å². The molecule has 20 heavy (non-hydrogen) atoms. The van der Waals surface area contributed by atoms with E-state index >= 15 is 0 Å². The molecule has 6 nitrogen and oxygen atoms in total. The van der Waals surface area contributed by atoms with Crippen molar-refractivity contribution in [1.82, 2.24) is 0 Å². The van der Waals surface area contributed by atoms with Gasteiger partial charge in [-0.25, -0.2) is 0 Å². The van der Waals surface area contributed by atoms with Gasteiger partial charge in [-0.05, 0) is 36.8 Å². The highest BCUT2D eigenvalue weighted by molar-refractivity contribution is 6.02. The fourth-order valence-electron chi connectivity index (χ4n) is 1.62. The quantitative estimate of drug-likeness (QED) is 0.526. The Morgan fingerprint density at radius 2 is 2.20 bits per heavy atom. The molecule has 0 saturated carbocycles. The number of non-ortho nitro benzene ring substituents is 1. The summed E-state index contributed by atoms with van der Waals surface area (Å²) in [4.78, 5) is 21.8. The standard InChI is InChI=1S/C14H12N2O4/c1-10-9-11(16(18)19)4-6-13(10)15-14(17)7-5-12-3-2-8-20-12/h2-9H,1H3,(H,15,17)/b7-5-. The van der Waals surface area contributed by atoms with E-state index in [0.717, 1.165) is 0 Å². The van der Waals surface area contributed by atoms with Gasteiger partial charge in [0.1, 0.15) is 5.76 Å². The zero-order chi connectivity index (χ0) is 14.5. The van der Waals surface area contributed by atoms with E-state index in [-0.39, 0.29) is 11.6 Å². The van der Waals surface area contributed by atoms with Crippen LogP contribution in [0.1, 0.15) is 11.3 Å². The first kappa shape index (κ1) is 13.5. The minimum atomic E-state index is -0.477. The van der Waals surface area contributed by atoms with Crippen molar-refractivity contribution in [2.75, 3.05) is 5.32 Å². The zero-order valence-electron chi connectivity index (χ0n) is 10.7. The van der Waals surface area contributed by atoms with Crippen LogP contribution in [0, 0.1) is 17.0 Å². The molecule has 0 saturated heterocycles. The van der Waals surface area contributed by atoms with Gasteiger partial charge in [0.05, 0.1) is 11.2 Å². The lowest BCUT2D eigenvalue weighted by atomic mass is 10.2. The van der Waals surface area contributed by atoms with Gasteiger partial charge >= 0.3 is 0 Å². The molecular formula is C14H12N2O4. The number of nitro groups is 1. The molecule has 0 aliphatic rings. The van der Waals surface area contributed by atoms with Crippen LogP contribution in [0.5, 0.6) is 0 Å². The molecule has 0 radical (unpaired) electrons. The third-order valence-corrected chi connectivity index (χ3v) is 2.62. The number of carbonyl (C=O) groups is 1. The summed E-state index contributed by atoms with van der Waals surface area (Å²) < 4.78 is 5.06. The number of nitro benzene ring substituents is 1. The van der Waals surface area contributed by atoms with E-state index in [1.807, 2.05) is 0 Å². The fraction of sp³-hybridized carbons (Fsp3) is 0.0714. The average molecular weight is 272 g/mol. The predicted molar refractivity (Wildman–Crippen MR) is 74.2 cm³/mol. The van der Waals surface area contributed by atoms with Gasteiger partial charge < -0.3 is 9.73 Å². The van der Waals surface area contributed by atoms with Crippen LogP contribution in [-0.4, -0.2) is 10.8 Å². The summed E-state index contributed by atoms with van der Waals surface area (Å²) in [7, 11) is 0. The Morgan fingerprint density at radius 1 is 1.40 bits per heavy atom. The molecule has 0 spiro atoms. The molecule has 1 N–H and O–H groups in total. The molecule has 0 unspecified atom stereocenters. The van der Waals surface area contributed by atoms with Crippen LogP contribution >= 0.6 is 0 Å². The van der Waals surface area contributed by atoms with Crippen molar-refractivity contribution in [3.05, 3.63) is 64.1 Å². The molecule has 1 heterocycles. The van der Waals surface area contributed by atoms with Crippen LogP contribution in [0.15, 0.2) is 47.1 Å². The third-order valence-electron chi connectivity index (χ3n) is 2.62. The fourth-order valence-corrected chi connectivity index (χ4v) is 1.62. The summed E-state index contributed by atoms with van der Waals surface area (Å²) in [6.07, 6.45) is 4.38. The number of hydrogen-bond donors (Lipinski definition) is 1. The third kappa shape index (κ3) is 3.32. The second kappa shape index (κ2) is 5.83. The second-order valence-corrected chi connectivity index (χ2v) is 4.09. The molecule has 0 aliphatic carbocycles. The number of nitrogens with one attached hydrogen (secondary N) is 1. The molecule has 6 heteroatoms. The van der Waals surface area contributed by atoms with Crippen molar-refractivity contribution in [2.24, 2.45) is 0 Å². The molecule has 2 rings (SSSR count). The normalized spacial score (nSPS) is 10.7. The monoisotopic (exact) mass is 272 g/mol. The molecule has 1 aromatic carbocycles. The first-order chi connectivity index (χ1) is 9.56. The van der Waals surface area contributed by atoms with E-state index in [4.69, 9.17) is 4.42 Å². The molecule has 1 aromatic heterocycles. The van der Waals surface area contributed by atoms with Crippen molar-refractivity contribution in [1.29, 1.82) is 0 Å². The number of benzene rings is 1. The van der Waals surface area contributed by atoms with Gasteiger partial charge in [0.2, 0.25) is 5.91 Å². The highest BCUT2D eigenvalue weighted by Gasteiger charge is 2.09. The lowest BCUT2D eigenvalue weighted by Gasteiger charge is -2.05. The van der Waals surface area contributed by atoms with Crippen molar-refractivity contribution in [2.45, 2.75) is 6.92 Å². The number of anilines is 1. The van der Waals surface area contributed by atoms with Gasteiger partial charge in [-0.15, -0.1) is 0 Å². The van der Waals surface area contributed by atoms with Gasteiger partial charge in [0.25, 0.3) is 5.69 Å². The Morgan fingerprint density at radius 3 is 2.80 bits per heavy atom. The highest BCUT2D eigenvalue weighted by Crippen LogP contribution is 2.21. The maximum absolute atomic E-state index is 11.7. The smallest absolute Gasteiger partial charge is 0.269 e. The van der Waals surface area contributed by atoms with E-state index in [9.17, 15) is 14.9 Å². The molecule has 0 aliphatic heterocycles. The van der Waals surface area contributed by atoms with Gasteiger partial charge in [-0.2, -0.15) is 0 Å². The Bertz CT molecular complexity index is 660. The first-order valence-electron chi connectivity index (χ1n) is 5.84. The van der Waals surface area contributed by atoms with E-state index in [1.54, 1.807) is 19.1 Å². The second-order valence-electron chi connectivity index (χ2n) is 4.09. The van der Waals surface area contributed by atoms with Crippen LogP contribution in [0.3, 0.4) is 0 Å². The SMILES string of the molecule is Cc1cc([N+](=O)[O-])ccc1NC(=O)/C=C\c1ccco1. The topological polar surface area (TPSA) is 85.4 Å². The molecule has 0 atom stereocenters. The lowest BCUT2D eigenvalue weighted by Crippen LogP contribution is -2.09. The Balaban J connectivity index is 2.06. The Labute approximate surface area is 114 Å². The van der Waals surface area contributed by atoms with Crippen LogP contribution in [0.25, 0.3) is 6.08 Å². The number of amides is 1. The Hall–Kier alpha value is -2.89. The lowest BCUT2D eigenvalue weighted by molar-refractivity contribution is -0.384. The minimum Gasteiger partial charge on any atom is -0.465 e. The van der Waals surface area contributed by atoms with Crippen molar-refractivity contribution < 1.29 is 14.1 Å². The van der Waals surface area contributed by atoms with Gasteiger partial charge in [0, 0.05) is 23.9 Å². The number of carbonyl (C=O) groups excluding carboxylic acids is 1. The first-order valence-corrected chi connectivity index (χ1v) is 5.84. The molecule has 2 aromatic rings. The summed E-state index contributed by atoms with van der Waals surface area (Å²) >= 11 is 0. The van der Waals surface area contributed by atoms with E-state index in [2.05, 4.69) is 5.32 Å². The van der Waals surface area contributed by atoms with Gasteiger partial charge in [0.15, 0.2) is 0 Å². The summed E-state index contributed by atoms with van der Waals surface area (Å²) in [5.74, 6) is 0.235. The highest BCUT2D eigenvalue weighted by atomic mass is 16.6. The van der Waals surface area contributed by atoms with Crippen molar-refractivity contribution in [3.8, 4) is 0 Å².